The first-order chi connectivity index (χ1) is 12.1. The summed E-state index contributed by atoms with van der Waals surface area (Å²) in [4.78, 5) is 26.4. The number of carbonyl (C=O) groups excluding carboxylic acids is 1. The quantitative estimate of drug-likeness (QED) is 0.697. The number of sulfone groups is 1. The summed E-state index contributed by atoms with van der Waals surface area (Å²) in [6, 6.07) is 2.64. The lowest BCUT2D eigenvalue weighted by Gasteiger charge is -2.24. The van der Waals surface area contributed by atoms with Crippen LogP contribution in [-0.2, 0) is 21.6 Å². The number of aromatic nitrogens is 2. The molecule has 2 rings (SSSR count). The van der Waals surface area contributed by atoms with Crippen molar-refractivity contribution in [1.82, 2.24) is 9.78 Å². The zero-order valence-electron chi connectivity index (χ0n) is 14.9. The van der Waals surface area contributed by atoms with Crippen LogP contribution in [0.5, 0.6) is 0 Å². The molecule has 0 radical (unpaired) electrons. The van der Waals surface area contributed by atoms with E-state index in [1.165, 1.54) is 32.5 Å². The monoisotopic (exact) mass is 401 g/mol. The van der Waals surface area contributed by atoms with Crippen LogP contribution in [0.25, 0.3) is 0 Å². The maximum absolute atomic E-state index is 12.7. The van der Waals surface area contributed by atoms with E-state index in [0.29, 0.717) is 13.2 Å². The lowest BCUT2D eigenvalue weighted by Crippen LogP contribution is -2.25. The number of ether oxygens (including phenoxy) is 1. The van der Waals surface area contributed by atoms with Gasteiger partial charge in [0.05, 0.1) is 22.2 Å². The van der Waals surface area contributed by atoms with E-state index in [2.05, 4.69) is 5.10 Å². The Labute approximate surface area is 156 Å². The minimum atomic E-state index is -3.59. The van der Waals surface area contributed by atoms with Crippen molar-refractivity contribution in [3.8, 4) is 0 Å². The van der Waals surface area contributed by atoms with E-state index in [-0.39, 0.29) is 26.7 Å². The molecule has 0 saturated heterocycles. The molecule has 10 heteroatoms. The predicted molar refractivity (Wildman–Crippen MR) is 99.2 cm³/mol. The van der Waals surface area contributed by atoms with Gasteiger partial charge < -0.3 is 14.7 Å². The second-order valence-corrected chi connectivity index (χ2v) is 8.20. The lowest BCUT2D eigenvalue weighted by atomic mass is 10.0. The van der Waals surface area contributed by atoms with Gasteiger partial charge in [0.2, 0.25) is 5.78 Å². The van der Waals surface area contributed by atoms with Crippen molar-refractivity contribution in [2.75, 3.05) is 38.5 Å². The van der Waals surface area contributed by atoms with E-state index in [0.717, 1.165) is 10.9 Å². The molecule has 0 amide bonds. The highest BCUT2D eigenvalue weighted by Gasteiger charge is 2.26. The number of methoxy groups -OCH3 is 1. The van der Waals surface area contributed by atoms with E-state index in [4.69, 9.17) is 16.3 Å². The molecule has 0 aliphatic rings. The maximum Gasteiger partial charge on any atom is 0.277 e. The molecular formula is C16H20ClN3O5S. The first kappa shape index (κ1) is 20.2. The average Bonchev–Trinajstić information content (AvgIpc) is 2.90. The number of carbonyl (C=O) groups is 1. The number of aryl methyl sites for hydroxylation is 1. The van der Waals surface area contributed by atoms with Crippen LogP contribution in [0.3, 0.4) is 0 Å². The van der Waals surface area contributed by atoms with Crippen molar-refractivity contribution < 1.29 is 17.9 Å². The molecule has 0 aliphatic heterocycles. The number of halogens is 1. The van der Waals surface area contributed by atoms with Gasteiger partial charge in [-0.05, 0) is 12.1 Å². The topological polar surface area (TPSA) is 101 Å². The van der Waals surface area contributed by atoms with Crippen LogP contribution in [-0.4, -0.2) is 57.5 Å². The summed E-state index contributed by atoms with van der Waals surface area (Å²) in [7, 11) is 1.07. The molecule has 142 valence electrons. The molecule has 0 fully saturated rings. The molecule has 2 aromatic rings. The van der Waals surface area contributed by atoms with Gasteiger partial charge in [0.1, 0.15) is 5.56 Å². The van der Waals surface area contributed by atoms with Crippen LogP contribution in [0.15, 0.2) is 28.0 Å². The number of aromatic amines is 1. The first-order valence-electron chi connectivity index (χ1n) is 7.61. The Hall–Kier alpha value is -2.10. The lowest BCUT2D eigenvalue weighted by molar-refractivity contribution is 0.103. The van der Waals surface area contributed by atoms with Crippen LogP contribution in [0.1, 0.15) is 15.9 Å². The summed E-state index contributed by atoms with van der Waals surface area (Å²) in [5.74, 6) is -0.585. The zero-order valence-corrected chi connectivity index (χ0v) is 16.4. The normalized spacial score (nSPS) is 11.6. The van der Waals surface area contributed by atoms with Crippen LogP contribution in [0.4, 0.5) is 5.69 Å². The van der Waals surface area contributed by atoms with Gasteiger partial charge in [-0.1, -0.05) is 11.6 Å². The van der Waals surface area contributed by atoms with Gasteiger partial charge in [-0.25, -0.2) is 8.42 Å². The standard InChI is InChI=1S/C16H20ClN3O5S/c1-19(7-8-25-3)14-12(26(4,23)24)6-5-10(13(14)17)15(21)11-9-18-20(2)16(11)22/h5-6,9,18H,7-8H2,1-4H3. The Kier molecular flexibility index (Phi) is 5.94. The molecule has 0 unspecified atom stereocenters. The molecule has 0 bridgehead atoms. The third-order valence-corrected chi connectivity index (χ3v) is 5.43. The molecule has 1 aromatic carbocycles. The fourth-order valence-electron chi connectivity index (χ4n) is 2.49. The summed E-state index contributed by atoms with van der Waals surface area (Å²) >= 11 is 6.41. The number of benzene rings is 1. The summed E-state index contributed by atoms with van der Waals surface area (Å²) in [6.07, 6.45) is 2.36. The third-order valence-electron chi connectivity index (χ3n) is 3.92. The Morgan fingerprint density at radius 1 is 1.35 bits per heavy atom. The Morgan fingerprint density at radius 2 is 2.00 bits per heavy atom. The van der Waals surface area contributed by atoms with Gasteiger partial charge in [-0.15, -0.1) is 0 Å². The zero-order chi connectivity index (χ0) is 19.6. The number of nitrogens with one attached hydrogen (secondary N) is 1. The molecule has 26 heavy (non-hydrogen) atoms. The molecule has 1 aromatic heterocycles. The number of ketones is 1. The molecule has 0 saturated carbocycles. The molecule has 8 nitrogen and oxygen atoms in total. The second-order valence-electron chi connectivity index (χ2n) is 5.84. The van der Waals surface area contributed by atoms with Crippen LogP contribution in [0, 0.1) is 0 Å². The molecular weight excluding hydrogens is 382 g/mol. The summed E-state index contributed by atoms with van der Waals surface area (Å²) in [5, 5.41) is 2.60. The predicted octanol–water partition coefficient (Wildman–Crippen LogP) is 1.08. The Balaban J connectivity index is 2.65. The minimum absolute atomic E-state index is 0.000348. The van der Waals surface area contributed by atoms with Crippen molar-refractivity contribution in [2.24, 2.45) is 7.05 Å². The van der Waals surface area contributed by atoms with Gasteiger partial charge in [0.15, 0.2) is 9.84 Å². The van der Waals surface area contributed by atoms with Gasteiger partial charge >= 0.3 is 0 Å². The van der Waals surface area contributed by atoms with E-state index >= 15 is 0 Å². The van der Waals surface area contributed by atoms with Gasteiger partial charge in [0, 0.05) is 45.8 Å². The van der Waals surface area contributed by atoms with Crippen molar-refractivity contribution in [3.05, 3.63) is 44.8 Å². The van der Waals surface area contributed by atoms with Gasteiger partial charge in [0.25, 0.3) is 5.56 Å². The minimum Gasteiger partial charge on any atom is -0.383 e. The highest BCUT2D eigenvalue weighted by Crippen LogP contribution is 2.36. The van der Waals surface area contributed by atoms with Crippen molar-refractivity contribution >= 4 is 32.9 Å². The van der Waals surface area contributed by atoms with Gasteiger partial charge in [-0.2, -0.15) is 0 Å². The van der Waals surface area contributed by atoms with Crippen LogP contribution < -0.4 is 10.5 Å². The van der Waals surface area contributed by atoms with E-state index in [1.54, 1.807) is 11.9 Å². The number of anilines is 1. The first-order valence-corrected chi connectivity index (χ1v) is 9.88. The largest absolute Gasteiger partial charge is 0.383 e. The van der Waals surface area contributed by atoms with E-state index in [9.17, 15) is 18.0 Å². The number of H-pyrrole nitrogens is 1. The van der Waals surface area contributed by atoms with Gasteiger partial charge in [-0.3, -0.25) is 14.3 Å². The smallest absolute Gasteiger partial charge is 0.277 e. The Morgan fingerprint density at radius 3 is 2.50 bits per heavy atom. The van der Waals surface area contributed by atoms with E-state index in [1.807, 2.05) is 0 Å². The maximum atomic E-state index is 12.7. The molecule has 0 atom stereocenters. The fourth-order valence-corrected chi connectivity index (χ4v) is 3.86. The third kappa shape index (κ3) is 3.84. The van der Waals surface area contributed by atoms with Crippen molar-refractivity contribution in [2.45, 2.75) is 4.90 Å². The number of nitrogens with zero attached hydrogens (tertiary/aromatic N) is 2. The number of hydrogen-bond donors (Lipinski definition) is 1. The van der Waals surface area contributed by atoms with Crippen LogP contribution >= 0.6 is 11.6 Å². The summed E-state index contributed by atoms with van der Waals surface area (Å²) in [5.41, 5.74) is -0.320. The number of hydrogen-bond acceptors (Lipinski definition) is 6. The molecule has 1 heterocycles. The molecule has 0 aliphatic carbocycles. The summed E-state index contributed by atoms with van der Waals surface area (Å²) in [6.45, 7) is 0.703. The molecule has 0 spiro atoms. The average molecular weight is 402 g/mol. The fraction of sp³-hybridized carbons (Fsp3) is 0.375. The Bertz CT molecular complexity index is 994. The SMILES string of the molecule is COCCN(C)c1c(S(C)(=O)=O)ccc(C(=O)c2c[nH]n(C)c2=O)c1Cl. The number of likely N-dealkylation sites (N-methyl/N-ethyl adjacent to an activating group) is 1. The number of rotatable bonds is 7. The summed E-state index contributed by atoms with van der Waals surface area (Å²) < 4.78 is 30.4. The molecule has 1 N–H and O–H groups in total. The highest BCUT2D eigenvalue weighted by atomic mass is 35.5. The highest BCUT2D eigenvalue weighted by molar-refractivity contribution is 7.90. The second kappa shape index (κ2) is 7.65. The van der Waals surface area contributed by atoms with Crippen molar-refractivity contribution in [1.29, 1.82) is 0 Å². The van der Waals surface area contributed by atoms with Crippen molar-refractivity contribution in [3.63, 3.8) is 0 Å². The van der Waals surface area contributed by atoms with Crippen LogP contribution in [0.2, 0.25) is 5.02 Å². The van der Waals surface area contributed by atoms with E-state index < -0.39 is 21.2 Å².